The molecule has 0 unspecified atom stereocenters. The van der Waals surface area contributed by atoms with Crippen molar-refractivity contribution in [3.63, 3.8) is 0 Å². The lowest BCUT2D eigenvalue weighted by Gasteiger charge is -2.42. The smallest absolute Gasteiger partial charge is 0.314 e. The molecule has 0 saturated carbocycles. The summed E-state index contributed by atoms with van der Waals surface area (Å²) in [6.45, 7) is 3.81. The molecule has 0 fully saturated rings. The largest absolute Gasteiger partial charge is 0.416 e. The van der Waals surface area contributed by atoms with Crippen LogP contribution in [-0.4, -0.2) is 52.7 Å². The van der Waals surface area contributed by atoms with Crippen LogP contribution in [0.2, 0.25) is 0 Å². The van der Waals surface area contributed by atoms with E-state index in [4.69, 9.17) is 0 Å². The number of hydrogen-bond donors (Lipinski definition) is 0. The molecule has 5 rings (SSSR count). The lowest BCUT2D eigenvalue weighted by molar-refractivity contribution is -0.143. The summed E-state index contributed by atoms with van der Waals surface area (Å²) in [6, 6.07) is 9.31. The van der Waals surface area contributed by atoms with Gasteiger partial charge in [0.25, 0.3) is 5.91 Å². The third-order valence-corrected chi connectivity index (χ3v) is 6.93. The number of benzene rings is 2. The maximum absolute atomic E-state index is 13.6. The zero-order valence-electron chi connectivity index (χ0n) is 20.0. The van der Waals surface area contributed by atoms with E-state index in [-0.39, 0.29) is 30.6 Å². The van der Waals surface area contributed by atoms with Crippen LogP contribution in [0.15, 0.2) is 58.7 Å². The third kappa shape index (κ3) is 4.96. The van der Waals surface area contributed by atoms with Crippen LogP contribution >= 0.6 is 0 Å². The second-order valence-electron chi connectivity index (χ2n) is 9.45. The Labute approximate surface area is 209 Å². The van der Waals surface area contributed by atoms with Crippen LogP contribution in [0, 0.1) is 6.92 Å². The van der Waals surface area contributed by atoms with Gasteiger partial charge in [0.15, 0.2) is 0 Å². The zero-order chi connectivity index (χ0) is 26.5. The number of halogens is 6. The lowest BCUT2D eigenvalue weighted by atomic mass is 9.98. The molecule has 0 bridgehead atoms. The topological polar surface area (TPSA) is 39.2 Å². The number of nitrogens with zero attached hydrogens (tertiary/aromatic N) is 4. The molecule has 5 nitrogen and oxygen atoms in total. The maximum Gasteiger partial charge on any atom is 0.416 e. The fourth-order valence-electron chi connectivity index (χ4n) is 5.08. The lowest BCUT2D eigenvalue weighted by Crippen LogP contribution is -2.53. The summed E-state index contributed by atoms with van der Waals surface area (Å²) in [5.74, 6) is 0.355. The van der Waals surface area contributed by atoms with Crippen molar-refractivity contribution in [2.75, 3.05) is 26.2 Å². The summed E-state index contributed by atoms with van der Waals surface area (Å²) >= 11 is 0. The van der Waals surface area contributed by atoms with Crippen molar-refractivity contribution < 1.29 is 31.1 Å². The Balaban J connectivity index is 1.42. The summed E-state index contributed by atoms with van der Waals surface area (Å²) < 4.78 is 79.8. The Bertz CT molecular complexity index is 1260. The van der Waals surface area contributed by atoms with E-state index >= 15 is 0 Å². The van der Waals surface area contributed by atoms with Crippen LogP contribution in [0.1, 0.15) is 34.2 Å². The zero-order valence-corrected chi connectivity index (χ0v) is 20.0. The molecule has 2 aromatic rings. The van der Waals surface area contributed by atoms with Gasteiger partial charge >= 0.3 is 12.4 Å². The number of alkyl halides is 6. The molecule has 196 valence electrons. The SMILES string of the molecule is Cc1ccccc1CN1C(=O)C2=C(CCN(Cc3cc(C(F)(F)F)cc(C(F)(F)F)c3)C2)N2CCN=C12. The Morgan fingerprint density at radius 1 is 0.919 bits per heavy atom. The highest BCUT2D eigenvalue weighted by Crippen LogP contribution is 2.37. The minimum atomic E-state index is -4.91. The first kappa shape index (κ1) is 25.3. The van der Waals surface area contributed by atoms with Crippen molar-refractivity contribution in [1.29, 1.82) is 0 Å². The van der Waals surface area contributed by atoms with Crippen molar-refractivity contribution >= 4 is 11.9 Å². The molecule has 0 atom stereocenters. The van der Waals surface area contributed by atoms with Gasteiger partial charge in [0.05, 0.1) is 29.8 Å². The highest BCUT2D eigenvalue weighted by molar-refractivity contribution is 6.09. The Morgan fingerprint density at radius 3 is 2.24 bits per heavy atom. The molecule has 3 heterocycles. The molecule has 0 radical (unpaired) electrons. The van der Waals surface area contributed by atoms with Crippen LogP contribution in [0.5, 0.6) is 0 Å². The van der Waals surface area contributed by atoms with Gasteiger partial charge < -0.3 is 4.90 Å². The molecule has 0 saturated heterocycles. The fraction of sp³-hybridized carbons (Fsp3) is 0.385. The van der Waals surface area contributed by atoms with Crippen molar-refractivity contribution in [2.24, 2.45) is 4.99 Å². The number of amides is 1. The van der Waals surface area contributed by atoms with E-state index in [2.05, 4.69) is 4.99 Å². The second kappa shape index (κ2) is 9.20. The number of aryl methyl sites for hydroxylation is 1. The van der Waals surface area contributed by atoms with Crippen molar-refractivity contribution in [2.45, 2.75) is 38.8 Å². The first-order chi connectivity index (χ1) is 17.4. The van der Waals surface area contributed by atoms with Gasteiger partial charge in [0.1, 0.15) is 0 Å². The van der Waals surface area contributed by atoms with Gasteiger partial charge in [0, 0.05) is 38.3 Å². The number of carbonyl (C=O) groups excluding carboxylic acids is 1. The van der Waals surface area contributed by atoms with Gasteiger partial charge in [-0.1, -0.05) is 24.3 Å². The van der Waals surface area contributed by atoms with Crippen molar-refractivity contribution in [3.8, 4) is 0 Å². The van der Waals surface area contributed by atoms with E-state index < -0.39 is 23.5 Å². The van der Waals surface area contributed by atoms with Crippen LogP contribution < -0.4 is 0 Å². The van der Waals surface area contributed by atoms with Crippen LogP contribution in [-0.2, 0) is 30.2 Å². The highest BCUT2D eigenvalue weighted by Gasteiger charge is 2.41. The minimum absolute atomic E-state index is 0.102. The monoisotopic (exact) mass is 522 g/mol. The van der Waals surface area contributed by atoms with E-state index in [0.29, 0.717) is 44.1 Å². The third-order valence-electron chi connectivity index (χ3n) is 6.93. The summed E-state index contributed by atoms with van der Waals surface area (Å²) in [5.41, 5.74) is 0.536. The molecule has 3 aliphatic rings. The van der Waals surface area contributed by atoms with E-state index in [1.54, 1.807) is 9.80 Å². The van der Waals surface area contributed by atoms with Gasteiger partial charge in [-0.2, -0.15) is 26.3 Å². The van der Waals surface area contributed by atoms with Gasteiger partial charge in [-0.05, 0) is 41.8 Å². The first-order valence-corrected chi connectivity index (χ1v) is 11.8. The Hall–Kier alpha value is -3.34. The molecule has 0 aliphatic carbocycles. The number of hydrogen-bond acceptors (Lipinski definition) is 4. The molecule has 0 spiro atoms. The second-order valence-corrected chi connectivity index (χ2v) is 9.45. The normalized spacial score (nSPS) is 18.8. The summed E-state index contributed by atoms with van der Waals surface area (Å²) in [5, 5.41) is 0. The summed E-state index contributed by atoms with van der Waals surface area (Å²) in [4.78, 5) is 23.5. The van der Waals surface area contributed by atoms with Crippen LogP contribution in [0.3, 0.4) is 0 Å². The van der Waals surface area contributed by atoms with Gasteiger partial charge in [-0.15, -0.1) is 0 Å². The van der Waals surface area contributed by atoms with E-state index in [0.717, 1.165) is 29.0 Å². The molecule has 3 aliphatic heterocycles. The van der Waals surface area contributed by atoms with Crippen LogP contribution in [0.25, 0.3) is 0 Å². The van der Waals surface area contributed by atoms with Crippen molar-refractivity contribution in [1.82, 2.24) is 14.7 Å². The number of aliphatic imine (C=N–C) groups is 1. The number of guanidine groups is 1. The van der Waals surface area contributed by atoms with E-state index in [1.807, 2.05) is 36.1 Å². The van der Waals surface area contributed by atoms with E-state index in [1.165, 1.54) is 0 Å². The molecule has 37 heavy (non-hydrogen) atoms. The number of fused-ring (bicyclic) bond motifs is 2. The standard InChI is InChI=1S/C26H24F6N4O/c1-16-4-2-3-5-18(16)14-36-23(37)21-15-34(8-6-22(21)35-9-7-33-24(35)36)13-17-10-19(25(27,28)29)12-20(11-17)26(30,31)32/h2-5,10-12H,6-9,13-15H2,1H3. The van der Waals surface area contributed by atoms with E-state index in [9.17, 15) is 31.1 Å². The molecule has 2 aromatic carbocycles. The Kier molecular flexibility index (Phi) is 6.29. The molecular formula is C26H24F6N4O. The average Bonchev–Trinajstić information content (AvgIpc) is 3.31. The maximum atomic E-state index is 13.6. The average molecular weight is 522 g/mol. The van der Waals surface area contributed by atoms with Crippen molar-refractivity contribution in [3.05, 3.63) is 81.6 Å². The Morgan fingerprint density at radius 2 is 1.59 bits per heavy atom. The van der Waals surface area contributed by atoms with Gasteiger partial charge in [0.2, 0.25) is 5.96 Å². The number of carbonyl (C=O) groups is 1. The predicted molar refractivity (Wildman–Crippen MR) is 124 cm³/mol. The first-order valence-electron chi connectivity index (χ1n) is 11.8. The highest BCUT2D eigenvalue weighted by atomic mass is 19.4. The quantitative estimate of drug-likeness (QED) is 0.518. The molecule has 11 heteroatoms. The van der Waals surface area contributed by atoms with Gasteiger partial charge in [-0.3, -0.25) is 19.6 Å². The molecule has 0 N–H and O–H groups in total. The number of rotatable bonds is 4. The van der Waals surface area contributed by atoms with Gasteiger partial charge in [-0.25, -0.2) is 0 Å². The predicted octanol–water partition coefficient (Wildman–Crippen LogP) is 5.21. The van der Waals surface area contributed by atoms with Crippen LogP contribution in [0.4, 0.5) is 26.3 Å². The fourth-order valence-corrected chi connectivity index (χ4v) is 5.08. The molecular weight excluding hydrogens is 498 g/mol. The molecule has 1 amide bonds. The summed E-state index contributed by atoms with van der Waals surface area (Å²) in [7, 11) is 0. The summed E-state index contributed by atoms with van der Waals surface area (Å²) in [6.07, 6.45) is -9.37. The molecule has 0 aromatic heterocycles. The minimum Gasteiger partial charge on any atom is -0.314 e.